The van der Waals surface area contributed by atoms with E-state index in [4.69, 9.17) is 0 Å². The van der Waals surface area contributed by atoms with Crippen LogP contribution in [0.1, 0.15) is 23.1 Å². The lowest BCUT2D eigenvalue weighted by Crippen LogP contribution is -2.53. The van der Waals surface area contributed by atoms with Gasteiger partial charge in [0, 0.05) is 31.2 Å². The molecule has 0 amide bonds. The number of hydrogen-bond donors (Lipinski definition) is 0. The van der Waals surface area contributed by atoms with Gasteiger partial charge in [0.25, 0.3) is 0 Å². The Morgan fingerprint density at radius 2 is 0.917 bits per heavy atom. The Labute approximate surface area is 219 Å². The van der Waals surface area contributed by atoms with E-state index in [1.165, 1.54) is 23.1 Å². The van der Waals surface area contributed by atoms with Crippen molar-refractivity contribution < 1.29 is 0 Å². The molecule has 36 heavy (non-hydrogen) atoms. The van der Waals surface area contributed by atoms with Crippen molar-refractivity contribution in [3.05, 3.63) is 108 Å². The molecule has 0 spiro atoms. The van der Waals surface area contributed by atoms with Crippen molar-refractivity contribution in [2.45, 2.75) is 43.8 Å². The summed E-state index contributed by atoms with van der Waals surface area (Å²) in [5.41, 5.74) is 4.33. The molecule has 1 unspecified atom stereocenters. The third-order valence-electron chi connectivity index (χ3n) is 8.09. The van der Waals surface area contributed by atoms with E-state index in [-0.39, 0.29) is 0 Å². The minimum absolute atomic E-state index is 0.497. The standard InChI is InChI=1S/C31H41N4P/c1-32-29(21-26-13-7-4-8-14-26)19-20-35-24-30(22-27-15-9-5-10-16-27)33(2)36(32)34(3)31(25-35)23-28-17-11-6-12-18-28/h4-18,29-31H,19-25H2,1-3H3/t29?,30-,31-/m0/s1. The first kappa shape index (κ1) is 25.6. The van der Waals surface area contributed by atoms with Crippen molar-refractivity contribution in [1.82, 2.24) is 18.9 Å². The molecule has 3 heterocycles. The number of rotatable bonds is 6. The molecule has 3 aromatic carbocycles. The monoisotopic (exact) mass is 500 g/mol. The Morgan fingerprint density at radius 3 is 1.33 bits per heavy atom. The molecule has 0 aliphatic carbocycles. The molecule has 3 aliphatic heterocycles. The normalized spacial score (nSPS) is 28.2. The average molecular weight is 501 g/mol. The molecular formula is C31H41N4P. The molecule has 2 bridgehead atoms. The molecular weight excluding hydrogens is 459 g/mol. The third kappa shape index (κ3) is 6.07. The molecule has 190 valence electrons. The van der Waals surface area contributed by atoms with E-state index in [9.17, 15) is 0 Å². The predicted octanol–water partition coefficient (Wildman–Crippen LogP) is 5.56. The maximum atomic E-state index is 2.78. The fraction of sp³-hybridized carbons (Fsp3) is 0.419. The van der Waals surface area contributed by atoms with Crippen LogP contribution in [0.2, 0.25) is 0 Å². The molecule has 0 aromatic heterocycles. The van der Waals surface area contributed by atoms with Gasteiger partial charge in [0.2, 0.25) is 0 Å². The highest BCUT2D eigenvalue weighted by molar-refractivity contribution is 7.50. The summed E-state index contributed by atoms with van der Waals surface area (Å²) in [6.45, 7) is 3.42. The van der Waals surface area contributed by atoms with Crippen molar-refractivity contribution in [3.8, 4) is 0 Å². The lowest BCUT2D eigenvalue weighted by molar-refractivity contribution is 0.155. The molecule has 3 aliphatic rings. The lowest BCUT2D eigenvalue weighted by Gasteiger charge is -2.50. The highest BCUT2D eigenvalue weighted by atomic mass is 31.2. The summed E-state index contributed by atoms with van der Waals surface area (Å²) < 4.78 is 8.21. The number of fused-ring (bicyclic) bond motifs is 7. The molecule has 0 saturated carbocycles. The Hall–Kier alpha value is -2.07. The second-order valence-electron chi connectivity index (χ2n) is 10.6. The highest BCUT2D eigenvalue weighted by Gasteiger charge is 2.41. The van der Waals surface area contributed by atoms with E-state index < -0.39 is 8.37 Å². The first-order valence-electron chi connectivity index (χ1n) is 13.4. The maximum absolute atomic E-state index is 2.78. The highest BCUT2D eigenvalue weighted by Crippen LogP contribution is 2.51. The maximum Gasteiger partial charge on any atom is 0.120 e. The topological polar surface area (TPSA) is 13.0 Å². The average Bonchev–Trinajstić information content (AvgIpc) is 2.97. The zero-order valence-corrected chi connectivity index (χ0v) is 23.0. The molecule has 3 aromatic rings. The van der Waals surface area contributed by atoms with Gasteiger partial charge in [-0.3, -0.25) is 14.0 Å². The summed E-state index contributed by atoms with van der Waals surface area (Å²) in [6, 6.07) is 34.8. The summed E-state index contributed by atoms with van der Waals surface area (Å²) >= 11 is 0. The molecule has 5 heteroatoms. The summed E-state index contributed by atoms with van der Waals surface area (Å²) in [5, 5.41) is 0. The number of nitrogens with zero attached hydrogens (tertiary/aromatic N) is 4. The third-order valence-corrected chi connectivity index (χ3v) is 10.8. The zero-order valence-electron chi connectivity index (χ0n) is 22.1. The van der Waals surface area contributed by atoms with E-state index in [0.29, 0.717) is 18.1 Å². The van der Waals surface area contributed by atoms with Gasteiger partial charge in [0.15, 0.2) is 0 Å². The molecule has 3 saturated heterocycles. The van der Waals surface area contributed by atoms with Crippen molar-refractivity contribution in [2.24, 2.45) is 0 Å². The van der Waals surface area contributed by atoms with Gasteiger partial charge in [-0.1, -0.05) is 91.0 Å². The molecule has 3 fully saturated rings. The lowest BCUT2D eigenvalue weighted by atomic mass is 10.0. The molecule has 3 atom stereocenters. The Kier molecular flexibility index (Phi) is 8.51. The molecule has 6 rings (SSSR count). The van der Waals surface area contributed by atoms with Crippen LogP contribution in [0.3, 0.4) is 0 Å². The van der Waals surface area contributed by atoms with Crippen molar-refractivity contribution >= 4 is 8.37 Å². The van der Waals surface area contributed by atoms with E-state index in [0.717, 1.165) is 38.9 Å². The van der Waals surface area contributed by atoms with Crippen LogP contribution in [0, 0.1) is 0 Å². The fourth-order valence-corrected chi connectivity index (χ4v) is 8.72. The second kappa shape index (κ2) is 12.0. The number of likely N-dealkylation sites (N-methyl/N-ethyl adjacent to an activating group) is 3. The number of benzene rings is 3. The Morgan fingerprint density at radius 1 is 0.556 bits per heavy atom. The van der Waals surface area contributed by atoms with Crippen molar-refractivity contribution in [3.63, 3.8) is 0 Å². The summed E-state index contributed by atoms with van der Waals surface area (Å²) in [7, 11) is 6.56. The smallest absolute Gasteiger partial charge is 0.120 e. The van der Waals surface area contributed by atoms with Gasteiger partial charge < -0.3 is 4.90 Å². The van der Waals surface area contributed by atoms with E-state index in [1.54, 1.807) is 0 Å². The van der Waals surface area contributed by atoms with Crippen LogP contribution in [0.15, 0.2) is 91.0 Å². The van der Waals surface area contributed by atoms with Gasteiger partial charge in [0.1, 0.15) is 8.37 Å². The summed E-state index contributed by atoms with van der Waals surface area (Å²) in [6.07, 6.45) is 4.52. The Bertz CT molecular complexity index is 1000. The molecule has 0 radical (unpaired) electrons. The first-order valence-corrected chi connectivity index (χ1v) is 14.6. The molecule has 4 nitrogen and oxygen atoms in total. The molecule has 0 N–H and O–H groups in total. The SMILES string of the molecule is CN1C(Cc2ccccc2)CCN2C[C@H](Cc3ccccc3)N(C)P1N(C)[C@@H](Cc1ccccc1)C2. The van der Waals surface area contributed by atoms with Crippen LogP contribution in [0.4, 0.5) is 0 Å². The van der Waals surface area contributed by atoms with E-state index in [2.05, 4.69) is 131 Å². The quantitative estimate of drug-likeness (QED) is 0.411. The minimum Gasteiger partial charge on any atom is -0.300 e. The van der Waals surface area contributed by atoms with Gasteiger partial charge in [0.05, 0.1) is 0 Å². The van der Waals surface area contributed by atoms with E-state index in [1.807, 2.05) is 0 Å². The zero-order chi connectivity index (χ0) is 24.9. The summed E-state index contributed by atoms with van der Waals surface area (Å²) in [5.74, 6) is 0. The van der Waals surface area contributed by atoms with Crippen LogP contribution in [-0.4, -0.2) is 77.8 Å². The van der Waals surface area contributed by atoms with Gasteiger partial charge in [-0.2, -0.15) is 0 Å². The first-order chi connectivity index (χ1) is 17.6. The minimum atomic E-state index is -0.611. The van der Waals surface area contributed by atoms with Crippen molar-refractivity contribution in [2.75, 3.05) is 40.8 Å². The van der Waals surface area contributed by atoms with Crippen LogP contribution in [0.5, 0.6) is 0 Å². The predicted molar refractivity (Wildman–Crippen MR) is 153 cm³/mol. The van der Waals surface area contributed by atoms with Gasteiger partial charge in [-0.05, 0) is 70.1 Å². The largest absolute Gasteiger partial charge is 0.300 e. The van der Waals surface area contributed by atoms with Crippen LogP contribution < -0.4 is 0 Å². The van der Waals surface area contributed by atoms with Crippen LogP contribution >= 0.6 is 8.37 Å². The van der Waals surface area contributed by atoms with Crippen LogP contribution in [0.25, 0.3) is 0 Å². The van der Waals surface area contributed by atoms with E-state index >= 15 is 0 Å². The van der Waals surface area contributed by atoms with Gasteiger partial charge in [-0.15, -0.1) is 0 Å². The van der Waals surface area contributed by atoms with Crippen LogP contribution in [-0.2, 0) is 19.3 Å². The fourth-order valence-electron chi connectivity index (χ4n) is 6.00. The number of hydrogen-bond acceptors (Lipinski definition) is 4. The second-order valence-corrected chi connectivity index (χ2v) is 13.0. The van der Waals surface area contributed by atoms with Gasteiger partial charge in [-0.25, -0.2) is 0 Å². The van der Waals surface area contributed by atoms with Crippen molar-refractivity contribution in [1.29, 1.82) is 0 Å². The van der Waals surface area contributed by atoms with Gasteiger partial charge >= 0.3 is 0 Å². The summed E-state index contributed by atoms with van der Waals surface area (Å²) in [4.78, 5) is 2.78. The Balaban J connectivity index is 1.47.